The van der Waals surface area contributed by atoms with Crippen molar-refractivity contribution in [2.24, 2.45) is 0 Å². The molecule has 26 heavy (non-hydrogen) atoms. The zero-order valence-electron chi connectivity index (χ0n) is 15.0. The largest absolute Gasteiger partial charge is 0.480 e. The topological polar surface area (TPSA) is 67.3 Å². The highest BCUT2D eigenvalue weighted by atomic mass is 16.5. The number of piperidine rings is 1. The molecule has 6 nitrogen and oxygen atoms in total. The first kappa shape index (κ1) is 17.0. The van der Waals surface area contributed by atoms with Gasteiger partial charge in [0.15, 0.2) is 0 Å². The van der Waals surface area contributed by atoms with E-state index in [0.29, 0.717) is 23.5 Å². The summed E-state index contributed by atoms with van der Waals surface area (Å²) in [4.78, 5) is 23.2. The molecular weight excluding hydrogens is 328 g/mol. The quantitative estimate of drug-likeness (QED) is 0.895. The Morgan fingerprint density at radius 2 is 1.96 bits per heavy atom. The molecule has 1 N–H and O–H groups in total. The lowest BCUT2D eigenvalue weighted by molar-refractivity contribution is 0.0824. The highest BCUT2D eigenvalue weighted by molar-refractivity contribution is 5.96. The highest BCUT2D eigenvalue weighted by Gasteiger charge is 2.41. The van der Waals surface area contributed by atoms with E-state index in [4.69, 9.17) is 4.74 Å². The van der Waals surface area contributed by atoms with Crippen molar-refractivity contribution in [1.82, 2.24) is 20.2 Å². The molecule has 2 aromatic rings. The van der Waals surface area contributed by atoms with Crippen LogP contribution in [0, 0.1) is 0 Å². The van der Waals surface area contributed by atoms with E-state index in [0.717, 1.165) is 19.4 Å². The van der Waals surface area contributed by atoms with Crippen LogP contribution in [0.3, 0.4) is 0 Å². The summed E-state index contributed by atoms with van der Waals surface area (Å²) in [6.45, 7) is 0.997. The van der Waals surface area contributed by atoms with Gasteiger partial charge in [0.05, 0.1) is 7.11 Å². The zero-order valence-corrected chi connectivity index (χ0v) is 15.0. The molecule has 4 rings (SSSR count). The Hall–Kier alpha value is -2.47. The number of fused-ring (bicyclic) bond motifs is 2. The lowest BCUT2D eigenvalue weighted by atomic mass is 9.96. The maximum Gasteiger partial charge on any atom is 0.258 e. The molecule has 1 unspecified atom stereocenters. The van der Waals surface area contributed by atoms with Gasteiger partial charge in [-0.3, -0.25) is 9.69 Å². The van der Waals surface area contributed by atoms with Crippen LogP contribution in [0.25, 0.3) is 0 Å². The van der Waals surface area contributed by atoms with Crippen molar-refractivity contribution in [3.63, 3.8) is 0 Å². The highest BCUT2D eigenvalue weighted by Crippen LogP contribution is 2.37. The van der Waals surface area contributed by atoms with Crippen molar-refractivity contribution in [3.8, 4) is 5.88 Å². The first-order chi connectivity index (χ1) is 12.7. The van der Waals surface area contributed by atoms with Crippen molar-refractivity contribution in [2.75, 3.05) is 7.11 Å². The fourth-order valence-corrected chi connectivity index (χ4v) is 4.34. The maximum atomic E-state index is 12.6. The van der Waals surface area contributed by atoms with E-state index in [9.17, 15) is 4.79 Å². The molecule has 0 saturated carbocycles. The van der Waals surface area contributed by atoms with E-state index in [1.54, 1.807) is 0 Å². The molecule has 0 aliphatic carbocycles. The Kier molecular flexibility index (Phi) is 4.84. The van der Waals surface area contributed by atoms with E-state index >= 15 is 0 Å². The standard InChI is InChI=1S/C20H24N4O2/c1-26-20-18(11-21-13-22-20)19(25)23-15-9-16-7-8-17(10-15)24(16)12-14-5-3-2-4-6-14/h2-6,11,13,15-17H,7-10,12H2,1H3,(H,23,25)/t15?,16-,17+. The molecule has 0 radical (unpaired) electrons. The average Bonchev–Trinajstić information content (AvgIpc) is 2.90. The molecule has 1 aromatic heterocycles. The fraction of sp³-hybridized carbons (Fsp3) is 0.450. The number of amides is 1. The number of methoxy groups -OCH3 is 1. The molecule has 136 valence electrons. The number of rotatable bonds is 5. The van der Waals surface area contributed by atoms with E-state index in [1.807, 2.05) is 0 Å². The minimum absolute atomic E-state index is 0.150. The zero-order chi connectivity index (χ0) is 17.9. The van der Waals surface area contributed by atoms with Crippen molar-refractivity contribution in [3.05, 3.63) is 54.0 Å². The third-order valence-corrected chi connectivity index (χ3v) is 5.54. The molecule has 2 bridgehead atoms. The Balaban J connectivity index is 1.40. The van der Waals surface area contributed by atoms with Crippen LogP contribution in [-0.4, -0.2) is 46.0 Å². The van der Waals surface area contributed by atoms with E-state index in [1.165, 1.54) is 38.0 Å². The third-order valence-electron chi connectivity index (χ3n) is 5.54. The number of nitrogens with one attached hydrogen (secondary N) is 1. The number of aromatic nitrogens is 2. The normalized spacial score (nSPS) is 25.0. The molecule has 1 amide bonds. The molecule has 2 fully saturated rings. The van der Waals surface area contributed by atoms with Gasteiger partial charge >= 0.3 is 0 Å². The van der Waals surface area contributed by atoms with Crippen molar-refractivity contribution in [2.45, 2.75) is 50.4 Å². The summed E-state index contributed by atoms with van der Waals surface area (Å²) in [5, 5.41) is 3.17. The van der Waals surface area contributed by atoms with Crippen LogP contribution in [0.2, 0.25) is 0 Å². The molecule has 6 heteroatoms. The van der Waals surface area contributed by atoms with Crippen LogP contribution >= 0.6 is 0 Å². The van der Waals surface area contributed by atoms with Gasteiger partial charge in [-0.1, -0.05) is 30.3 Å². The summed E-state index contributed by atoms with van der Waals surface area (Å²) in [6, 6.07) is 11.9. The Labute approximate surface area is 153 Å². The number of hydrogen-bond acceptors (Lipinski definition) is 5. The van der Waals surface area contributed by atoms with Gasteiger partial charge in [0, 0.05) is 30.9 Å². The fourth-order valence-electron chi connectivity index (χ4n) is 4.34. The van der Waals surface area contributed by atoms with Gasteiger partial charge in [-0.15, -0.1) is 0 Å². The van der Waals surface area contributed by atoms with Gasteiger partial charge < -0.3 is 10.1 Å². The first-order valence-corrected chi connectivity index (χ1v) is 9.19. The number of benzene rings is 1. The first-order valence-electron chi connectivity index (χ1n) is 9.19. The summed E-state index contributed by atoms with van der Waals surface area (Å²) in [6.07, 6.45) is 7.30. The number of ether oxygens (including phenoxy) is 1. The number of carbonyl (C=O) groups excluding carboxylic acids is 1. The Morgan fingerprint density at radius 1 is 1.23 bits per heavy atom. The summed E-state index contributed by atoms with van der Waals surface area (Å²) in [5.74, 6) is 0.172. The van der Waals surface area contributed by atoms with Crippen LogP contribution in [-0.2, 0) is 6.54 Å². The van der Waals surface area contributed by atoms with Gasteiger partial charge in [-0.05, 0) is 31.2 Å². The van der Waals surface area contributed by atoms with E-state index < -0.39 is 0 Å². The lowest BCUT2D eigenvalue weighted by Gasteiger charge is -2.39. The van der Waals surface area contributed by atoms with Crippen molar-refractivity contribution < 1.29 is 9.53 Å². The van der Waals surface area contributed by atoms with Crippen LogP contribution in [0.1, 0.15) is 41.6 Å². The molecular formula is C20H24N4O2. The summed E-state index contributed by atoms with van der Waals surface area (Å²) in [7, 11) is 1.52. The summed E-state index contributed by atoms with van der Waals surface area (Å²) >= 11 is 0. The predicted molar refractivity (Wildman–Crippen MR) is 97.9 cm³/mol. The minimum atomic E-state index is -0.150. The minimum Gasteiger partial charge on any atom is -0.480 e. The van der Waals surface area contributed by atoms with Gasteiger partial charge in [0.2, 0.25) is 5.88 Å². The molecule has 2 aliphatic heterocycles. The molecule has 1 aromatic carbocycles. The van der Waals surface area contributed by atoms with Crippen LogP contribution in [0.15, 0.2) is 42.9 Å². The molecule has 2 saturated heterocycles. The van der Waals surface area contributed by atoms with Crippen molar-refractivity contribution >= 4 is 5.91 Å². The van der Waals surface area contributed by atoms with Crippen LogP contribution in [0.5, 0.6) is 5.88 Å². The van der Waals surface area contributed by atoms with Gasteiger partial charge in [-0.2, -0.15) is 0 Å². The third kappa shape index (κ3) is 3.42. The second-order valence-electron chi connectivity index (χ2n) is 7.13. The number of nitrogens with zero attached hydrogens (tertiary/aromatic N) is 3. The monoisotopic (exact) mass is 352 g/mol. The van der Waals surface area contributed by atoms with E-state index in [-0.39, 0.29) is 11.9 Å². The molecule has 3 atom stereocenters. The maximum absolute atomic E-state index is 12.6. The van der Waals surface area contributed by atoms with Gasteiger partial charge in [0.1, 0.15) is 11.9 Å². The second kappa shape index (κ2) is 7.41. The summed E-state index contributed by atoms with van der Waals surface area (Å²) < 4.78 is 5.17. The lowest BCUT2D eigenvalue weighted by Crippen LogP contribution is -2.50. The number of carbonyl (C=O) groups is 1. The molecule has 0 spiro atoms. The molecule has 3 heterocycles. The smallest absolute Gasteiger partial charge is 0.258 e. The predicted octanol–water partition coefficient (Wildman–Crippen LogP) is 2.41. The van der Waals surface area contributed by atoms with Gasteiger partial charge in [-0.25, -0.2) is 9.97 Å². The van der Waals surface area contributed by atoms with E-state index in [2.05, 4.69) is 50.5 Å². The van der Waals surface area contributed by atoms with Crippen LogP contribution in [0.4, 0.5) is 0 Å². The van der Waals surface area contributed by atoms with Crippen LogP contribution < -0.4 is 10.1 Å². The summed E-state index contributed by atoms with van der Waals surface area (Å²) in [5.41, 5.74) is 1.76. The Morgan fingerprint density at radius 3 is 2.65 bits per heavy atom. The molecule has 2 aliphatic rings. The SMILES string of the molecule is COc1ncncc1C(=O)NC1C[C@H]2CC[C@@H](C1)N2Cc1ccccc1. The average molecular weight is 352 g/mol. The second-order valence-corrected chi connectivity index (χ2v) is 7.13. The number of hydrogen-bond donors (Lipinski definition) is 1. The Bertz CT molecular complexity index is 753. The van der Waals surface area contributed by atoms with Gasteiger partial charge in [0.25, 0.3) is 5.91 Å². The van der Waals surface area contributed by atoms with Crippen molar-refractivity contribution in [1.29, 1.82) is 0 Å².